The van der Waals surface area contributed by atoms with Crippen molar-refractivity contribution < 1.29 is 31.1 Å². The fraction of sp³-hybridized carbons (Fsp3) is 0.533. The lowest BCUT2D eigenvalue weighted by Gasteiger charge is -2.35. The number of sulfonamides is 1. The molecular formula is C15H18F3N3O4S2. The maximum absolute atomic E-state index is 12.7. The molecule has 2 aliphatic heterocycles. The van der Waals surface area contributed by atoms with Crippen LogP contribution < -0.4 is 4.74 Å². The van der Waals surface area contributed by atoms with E-state index in [1.165, 1.54) is 4.31 Å². The van der Waals surface area contributed by atoms with Crippen LogP contribution >= 0.6 is 12.2 Å². The molecule has 1 aromatic carbocycles. The van der Waals surface area contributed by atoms with E-state index in [-0.39, 0.29) is 18.0 Å². The van der Waals surface area contributed by atoms with Gasteiger partial charge in [0.05, 0.1) is 18.1 Å². The van der Waals surface area contributed by atoms with Gasteiger partial charge >= 0.3 is 6.36 Å². The normalized spacial score (nSPS) is 20.0. The van der Waals surface area contributed by atoms with E-state index < -0.39 is 22.1 Å². The van der Waals surface area contributed by atoms with Gasteiger partial charge in [0.2, 0.25) is 10.0 Å². The van der Waals surface area contributed by atoms with Crippen LogP contribution in [0.2, 0.25) is 0 Å². The zero-order valence-electron chi connectivity index (χ0n) is 14.2. The minimum Gasteiger partial charge on any atom is -0.469 e. The van der Waals surface area contributed by atoms with Crippen LogP contribution in [0.4, 0.5) is 13.2 Å². The Bertz CT molecular complexity index is 778. The maximum atomic E-state index is 12.7. The van der Waals surface area contributed by atoms with Crippen LogP contribution in [0, 0.1) is 0 Å². The first kappa shape index (κ1) is 20.1. The summed E-state index contributed by atoms with van der Waals surface area (Å²) in [5.74, 6) is -0.463. The zero-order valence-corrected chi connectivity index (χ0v) is 15.8. The van der Waals surface area contributed by atoms with E-state index in [0.717, 1.165) is 24.3 Å². The van der Waals surface area contributed by atoms with Gasteiger partial charge in [0.15, 0.2) is 0 Å². The number of hydrogen-bond donors (Lipinski definition) is 0. The minimum atomic E-state index is -4.82. The van der Waals surface area contributed by atoms with Crippen molar-refractivity contribution in [3.05, 3.63) is 24.3 Å². The fourth-order valence-corrected chi connectivity index (χ4v) is 4.52. The van der Waals surface area contributed by atoms with E-state index in [1.54, 1.807) is 0 Å². The van der Waals surface area contributed by atoms with Crippen LogP contribution in [0.25, 0.3) is 0 Å². The highest BCUT2D eigenvalue weighted by Gasteiger charge is 2.32. The standard InChI is InChI=1S/C15H18F3N3O4S2/c16-15(17,18)25-12-1-3-13(4-2-12)27(22,23)21-7-5-19(6-8-21)11-20-9-10-24-14(20)26/h1-4H,5-11H2. The van der Waals surface area contributed by atoms with Gasteiger partial charge in [-0.25, -0.2) is 8.42 Å². The van der Waals surface area contributed by atoms with Gasteiger partial charge in [0.25, 0.3) is 5.17 Å². The first-order chi connectivity index (χ1) is 12.6. The third-order valence-corrected chi connectivity index (χ3v) is 6.53. The Balaban J connectivity index is 1.58. The Morgan fingerprint density at radius 1 is 1.07 bits per heavy atom. The van der Waals surface area contributed by atoms with Gasteiger partial charge in [-0.3, -0.25) is 4.90 Å². The molecule has 0 unspecified atom stereocenters. The third-order valence-electron chi connectivity index (χ3n) is 4.24. The summed E-state index contributed by atoms with van der Waals surface area (Å²) in [4.78, 5) is 3.92. The molecule has 1 aromatic rings. The second-order valence-electron chi connectivity index (χ2n) is 6.06. The van der Waals surface area contributed by atoms with Gasteiger partial charge in [0, 0.05) is 26.2 Å². The molecule has 0 aliphatic carbocycles. The average molecular weight is 425 g/mol. The van der Waals surface area contributed by atoms with Crippen LogP contribution in [-0.2, 0) is 14.8 Å². The number of thiocarbonyl (C=S) groups is 1. The molecule has 0 N–H and O–H groups in total. The number of piperazine rings is 1. The van der Waals surface area contributed by atoms with Crippen LogP contribution in [-0.4, -0.2) is 80.1 Å². The predicted octanol–water partition coefficient (Wildman–Crippen LogP) is 1.47. The molecule has 7 nitrogen and oxygen atoms in total. The number of ether oxygens (including phenoxy) is 2. The first-order valence-corrected chi connectivity index (χ1v) is 10.00. The Kier molecular flexibility index (Phi) is 5.79. The molecule has 0 saturated carbocycles. The van der Waals surface area contributed by atoms with E-state index in [4.69, 9.17) is 17.0 Å². The van der Waals surface area contributed by atoms with Gasteiger partial charge in [-0.15, -0.1) is 13.2 Å². The fourth-order valence-electron chi connectivity index (χ4n) is 2.87. The molecule has 12 heteroatoms. The van der Waals surface area contributed by atoms with Gasteiger partial charge < -0.3 is 14.4 Å². The summed E-state index contributed by atoms with van der Waals surface area (Å²) in [6.07, 6.45) is -4.82. The van der Waals surface area contributed by atoms with Crippen molar-refractivity contribution in [3.8, 4) is 5.75 Å². The van der Waals surface area contributed by atoms with Crippen molar-refractivity contribution in [3.63, 3.8) is 0 Å². The quantitative estimate of drug-likeness (QED) is 0.662. The Labute approximate surface area is 160 Å². The summed E-state index contributed by atoms with van der Waals surface area (Å²) < 4.78 is 72.3. The van der Waals surface area contributed by atoms with Gasteiger partial charge in [-0.2, -0.15) is 4.31 Å². The topological polar surface area (TPSA) is 62.3 Å². The largest absolute Gasteiger partial charge is 0.573 e. The number of rotatable bonds is 5. The lowest BCUT2D eigenvalue weighted by atomic mass is 10.3. The molecule has 150 valence electrons. The highest BCUT2D eigenvalue weighted by molar-refractivity contribution is 7.89. The lowest BCUT2D eigenvalue weighted by molar-refractivity contribution is -0.274. The van der Waals surface area contributed by atoms with Crippen molar-refractivity contribution in [2.24, 2.45) is 0 Å². The van der Waals surface area contributed by atoms with Gasteiger partial charge in [-0.1, -0.05) is 0 Å². The molecule has 0 aromatic heterocycles. The highest BCUT2D eigenvalue weighted by atomic mass is 32.2. The van der Waals surface area contributed by atoms with Gasteiger partial charge in [-0.05, 0) is 36.5 Å². The Hall–Kier alpha value is -1.63. The molecule has 2 fully saturated rings. The van der Waals surface area contributed by atoms with E-state index >= 15 is 0 Å². The molecule has 27 heavy (non-hydrogen) atoms. The molecule has 2 heterocycles. The van der Waals surface area contributed by atoms with Crippen LogP contribution in [0.5, 0.6) is 5.75 Å². The summed E-state index contributed by atoms with van der Waals surface area (Å²) >= 11 is 5.09. The summed E-state index contributed by atoms with van der Waals surface area (Å²) in [6, 6.07) is 4.21. The van der Waals surface area contributed by atoms with Crippen molar-refractivity contribution in [1.82, 2.24) is 14.1 Å². The van der Waals surface area contributed by atoms with Crippen molar-refractivity contribution >= 4 is 27.4 Å². The van der Waals surface area contributed by atoms with Gasteiger partial charge in [0.1, 0.15) is 12.4 Å². The van der Waals surface area contributed by atoms with Crippen LogP contribution in [0.15, 0.2) is 29.2 Å². The predicted molar refractivity (Wildman–Crippen MR) is 93.6 cm³/mol. The molecule has 0 spiro atoms. The smallest absolute Gasteiger partial charge is 0.469 e. The summed E-state index contributed by atoms with van der Waals surface area (Å²) in [7, 11) is -3.78. The molecule has 3 rings (SSSR count). The average Bonchev–Trinajstić information content (AvgIpc) is 2.99. The molecule has 0 atom stereocenters. The molecule has 2 saturated heterocycles. The monoisotopic (exact) mass is 425 g/mol. The van der Waals surface area contributed by atoms with E-state index in [1.807, 2.05) is 4.90 Å². The van der Waals surface area contributed by atoms with Crippen molar-refractivity contribution in [2.45, 2.75) is 11.3 Å². The number of benzene rings is 1. The van der Waals surface area contributed by atoms with E-state index in [2.05, 4.69) is 9.64 Å². The van der Waals surface area contributed by atoms with Crippen molar-refractivity contribution in [1.29, 1.82) is 0 Å². The first-order valence-electron chi connectivity index (χ1n) is 8.15. The second-order valence-corrected chi connectivity index (χ2v) is 8.35. The zero-order chi connectivity index (χ0) is 19.7. The van der Waals surface area contributed by atoms with Crippen molar-refractivity contribution in [2.75, 3.05) is 46.0 Å². The molecular weight excluding hydrogens is 407 g/mol. The number of nitrogens with zero attached hydrogens (tertiary/aromatic N) is 3. The molecule has 2 aliphatic rings. The molecule has 0 radical (unpaired) electrons. The lowest BCUT2D eigenvalue weighted by Crippen LogP contribution is -2.51. The molecule has 0 bridgehead atoms. The number of alkyl halides is 3. The summed E-state index contributed by atoms with van der Waals surface area (Å²) in [5, 5.41) is 0.450. The maximum Gasteiger partial charge on any atom is 0.573 e. The second kappa shape index (κ2) is 7.78. The Morgan fingerprint density at radius 2 is 1.70 bits per heavy atom. The third kappa shape index (κ3) is 5.00. The summed E-state index contributed by atoms with van der Waals surface area (Å²) in [6.45, 7) is 3.46. The minimum absolute atomic E-state index is 0.0698. The SMILES string of the molecule is O=S(=O)(c1ccc(OC(F)(F)F)cc1)N1CCN(CN2CCOC2=S)CC1. The van der Waals surface area contributed by atoms with E-state index in [9.17, 15) is 21.6 Å². The Morgan fingerprint density at radius 3 is 2.22 bits per heavy atom. The number of hydrogen-bond acceptors (Lipinski definition) is 6. The number of halogens is 3. The summed E-state index contributed by atoms with van der Waals surface area (Å²) in [5.41, 5.74) is 0. The van der Waals surface area contributed by atoms with Crippen LogP contribution in [0.1, 0.15) is 0 Å². The van der Waals surface area contributed by atoms with Crippen LogP contribution in [0.3, 0.4) is 0 Å². The van der Waals surface area contributed by atoms with E-state index in [0.29, 0.717) is 38.1 Å². The molecule has 0 amide bonds. The highest BCUT2D eigenvalue weighted by Crippen LogP contribution is 2.25.